The van der Waals surface area contributed by atoms with Gasteiger partial charge in [0.1, 0.15) is 6.29 Å². The van der Waals surface area contributed by atoms with E-state index in [0.717, 1.165) is 11.2 Å². The summed E-state index contributed by atoms with van der Waals surface area (Å²) in [5.74, 6) is 0. The Kier molecular flexibility index (Phi) is 3.58. The molecule has 16 heavy (non-hydrogen) atoms. The average molecular weight is 236 g/mol. The second-order valence-electron chi connectivity index (χ2n) is 3.63. The van der Waals surface area contributed by atoms with Crippen LogP contribution in [0.25, 0.3) is 0 Å². The van der Waals surface area contributed by atoms with Crippen molar-refractivity contribution in [1.29, 1.82) is 0 Å². The van der Waals surface area contributed by atoms with Gasteiger partial charge >= 0.3 is 0 Å². The summed E-state index contributed by atoms with van der Waals surface area (Å²) in [6, 6.07) is 5.81. The van der Waals surface area contributed by atoms with Crippen LogP contribution in [-0.4, -0.2) is 18.7 Å². The molecular weight excluding hydrogens is 224 g/mol. The van der Waals surface area contributed by atoms with Crippen molar-refractivity contribution in [1.82, 2.24) is 4.72 Å². The summed E-state index contributed by atoms with van der Waals surface area (Å²) >= 11 is 1.49. The molecule has 1 aromatic rings. The molecule has 2 N–H and O–H groups in total. The van der Waals surface area contributed by atoms with Gasteiger partial charge in [0.15, 0.2) is 0 Å². The average Bonchev–Trinajstić information content (AvgIpc) is 3.11. The molecule has 2 rings (SSSR count). The fourth-order valence-electron chi connectivity index (χ4n) is 1.23. The molecule has 4 nitrogen and oxygen atoms in total. The van der Waals surface area contributed by atoms with Crippen molar-refractivity contribution in [2.24, 2.45) is 0 Å². The summed E-state index contributed by atoms with van der Waals surface area (Å²) in [6.07, 6.45) is 3.79. The monoisotopic (exact) mass is 236 g/mol. The Labute approximate surface area is 97.9 Å². The molecule has 0 unspecified atom stereocenters. The highest BCUT2D eigenvalue weighted by Crippen LogP contribution is 2.29. The molecule has 0 spiro atoms. The Morgan fingerprint density at radius 2 is 2.12 bits per heavy atom. The van der Waals surface area contributed by atoms with E-state index in [1.807, 2.05) is 6.07 Å². The van der Waals surface area contributed by atoms with E-state index in [1.165, 1.54) is 24.8 Å². The summed E-state index contributed by atoms with van der Waals surface area (Å²) in [6.45, 7) is 0. The van der Waals surface area contributed by atoms with E-state index in [0.29, 0.717) is 23.7 Å². The van der Waals surface area contributed by atoms with Gasteiger partial charge in [0.05, 0.1) is 5.69 Å². The van der Waals surface area contributed by atoms with Crippen LogP contribution in [0.1, 0.15) is 23.2 Å². The van der Waals surface area contributed by atoms with E-state index < -0.39 is 0 Å². The largest absolute Gasteiger partial charge is 0.328 e. The highest BCUT2D eigenvalue weighted by atomic mass is 32.2. The van der Waals surface area contributed by atoms with Gasteiger partial charge in [-0.25, -0.2) is 0 Å². The number of nitrogens with one attached hydrogen (secondary N) is 2. The molecule has 1 amide bonds. The SMILES string of the molecule is O=CNc1cc(C=O)ccc1SNC1CC1. The lowest BCUT2D eigenvalue weighted by atomic mass is 10.2. The van der Waals surface area contributed by atoms with Gasteiger partial charge in [-0.15, -0.1) is 0 Å². The summed E-state index contributed by atoms with van der Waals surface area (Å²) in [5, 5.41) is 2.59. The predicted molar refractivity (Wildman–Crippen MR) is 63.5 cm³/mol. The molecule has 1 saturated carbocycles. The molecule has 0 heterocycles. The molecule has 0 aromatic heterocycles. The molecule has 1 aliphatic rings. The molecule has 5 heteroatoms. The van der Waals surface area contributed by atoms with Gasteiger partial charge in [-0.05, 0) is 36.9 Å². The highest BCUT2D eigenvalue weighted by Gasteiger charge is 2.21. The zero-order valence-electron chi connectivity index (χ0n) is 8.60. The van der Waals surface area contributed by atoms with Gasteiger partial charge in [0, 0.05) is 16.5 Å². The molecule has 1 aromatic carbocycles. The molecule has 0 radical (unpaired) electrons. The maximum atomic E-state index is 10.6. The van der Waals surface area contributed by atoms with E-state index >= 15 is 0 Å². The quantitative estimate of drug-likeness (QED) is 0.584. The van der Waals surface area contributed by atoms with Crippen LogP contribution in [0, 0.1) is 0 Å². The summed E-state index contributed by atoms with van der Waals surface area (Å²) in [5.41, 5.74) is 1.22. The second-order valence-corrected chi connectivity index (χ2v) is 4.51. The first kappa shape index (κ1) is 11.2. The van der Waals surface area contributed by atoms with Crippen LogP contribution in [0.5, 0.6) is 0 Å². The van der Waals surface area contributed by atoms with Gasteiger partial charge in [-0.1, -0.05) is 6.07 Å². The normalized spacial score (nSPS) is 14.5. The van der Waals surface area contributed by atoms with Crippen LogP contribution in [-0.2, 0) is 4.79 Å². The van der Waals surface area contributed by atoms with Crippen molar-refractivity contribution in [3.8, 4) is 0 Å². The lowest BCUT2D eigenvalue weighted by molar-refractivity contribution is -0.105. The minimum atomic E-state index is 0.556. The van der Waals surface area contributed by atoms with Gasteiger partial charge < -0.3 is 5.32 Å². The highest BCUT2D eigenvalue weighted by molar-refractivity contribution is 7.97. The zero-order valence-corrected chi connectivity index (χ0v) is 9.42. The maximum absolute atomic E-state index is 10.6. The molecule has 84 valence electrons. The van der Waals surface area contributed by atoms with Crippen molar-refractivity contribution >= 4 is 30.3 Å². The van der Waals surface area contributed by atoms with Crippen molar-refractivity contribution in [3.63, 3.8) is 0 Å². The first-order valence-electron chi connectivity index (χ1n) is 5.05. The third-order valence-electron chi connectivity index (χ3n) is 2.27. The summed E-state index contributed by atoms with van der Waals surface area (Å²) < 4.78 is 3.28. The predicted octanol–water partition coefficient (Wildman–Crippen LogP) is 1.83. The smallest absolute Gasteiger partial charge is 0.211 e. The number of carbonyl (C=O) groups is 2. The first-order chi connectivity index (χ1) is 7.83. The Morgan fingerprint density at radius 3 is 2.75 bits per heavy atom. The number of amides is 1. The van der Waals surface area contributed by atoms with E-state index in [2.05, 4.69) is 10.0 Å². The second kappa shape index (κ2) is 5.14. The van der Waals surface area contributed by atoms with Gasteiger partial charge in [0.25, 0.3) is 0 Å². The topological polar surface area (TPSA) is 58.2 Å². The summed E-state index contributed by atoms with van der Waals surface area (Å²) in [4.78, 5) is 22.0. The minimum absolute atomic E-state index is 0.556. The van der Waals surface area contributed by atoms with Crippen LogP contribution < -0.4 is 10.0 Å². The van der Waals surface area contributed by atoms with E-state index in [-0.39, 0.29) is 0 Å². The standard InChI is InChI=1S/C11H12N2O2S/c14-6-8-1-4-11(10(5-8)12-7-15)16-13-9-2-3-9/h1,4-7,9,13H,2-3H2,(H,12,15). The van der Waals surface area contributed by atoms with Crippen LogP contribution in [0.4, 0.5) is 5.69 Å². The zero-order chi connectivity index (χ0) is 11.4. The first-order valence-corrected chi connectivity index (χ1v) is 5.87. The van der Waals surface area contributed by atoms with Crippen LogP contribution in [0.15, 0.2) is 23.1 Å². The van der Waals surface area contributed by atoms with E-state index in [9.17, 15) is 9.59 Å². The minimum Gasteiger partial charge on any atom is -0.328 e. The number of hydrogen-bond donors (Lipinski definition) is 2. The molecular formula is C11H12N2O2S. The molecule has 1 aliphatic carbocycles. The molecule has 0 bridgehead atoms. The Bertz CT molecular complexity index is 405. The molecule has 0 saturated heterocycles. The van der Waals surface area contributed by atoms with Crippen LogP contribution in [0.2, 0.25) is 0 Å². The van der Waals surface area contributed by atoms with E-state index in [4.69, 9.17) is 0 Å². The number of carbonyl (C=O) groups excluding carboxylic acids is 2. The molecule has 0 atom stereocenters. The van der Waals surface area contributed by atoms with E-state index in [1.54, 1.807) is 12.1 Å². The molecule has 0 aliphatic heterocycles. The van der Waals surface area contributed by atoms with Crippen molar-refractivity contribution < 1.29 is 9.59 Å². The van der Waals surface area contributed by atoms with Gasteiger partial charge in [-0.2, -0.15) is 0 Å². The number of aldehydes is 1. The number of hydrogen-bond acceptors (Lipinski definition) is 4. The number of benzene rings is 1. The Hall–Kier alpha value is -1.33. The summed E-state index contributed by atoms with van der Waals surface area (Å²) in [7, 11) is 0. The van der Waals surface area contributed by atoms with Crippen molar-refractivity contribution in [2.75, 3.05) is 5.32 Å². The number of anilines is 1. The third kappa shape index (κ3) is 2.84. The number of rotatable bonds is 6. The lowest BCUT2D eigenvalue weighted by Gasteiger charge is -2.08. The van der Waals surface area contributed by atoms with Crippen molar-refractivity contribution in [3.05, 3.63) is 23.8 Å². The fraction of sp³-hybridized carbons (Fsp3) is 0.273. The van der Waals surface area contributed by atoms with Crippen LogP contribution in [0.3, 0.4) is 0 Å². The Morgan fingerprint density at radius 1 is 1.31 bits per heavy atom. The van der Waals surface area contributed by atoms with Crippen LogP contribution >= 0.6 is 11.9 Å². The Balaban J connectivity index is 2.12. The molecule has 1 fully saturated rings. The maximum Gasteiger partial charge on any atom is 0.211 e. The lowest BCUT2D eigenvalue weighted by Crippen LogP contribution is -2.06. The van der Waals surface area contributed by atoms with Gasteiger partial charge in [-0.3, -0.25) is 14.3 Å². The third-order valence-corrected chi connectivity index (χ3v) is 3.29. The van der Waals surface area contributed by atoms with Crippen molar-refractivity contribution in [2.45, 2.75) is 23.8 Å². The van der Waals surface area contributed by atoms with Gasteiger partial charge in [0.2, 0.25) is 6.41 Å². The fourth-order valence-corrected chi connectivity index (χ4v) is 2.13.